The minimum Gasteiger partial charge on any atom is -0.404 e. The molecule has 3 rings (SSSR count). The Morgan fingerprint density at radius 3 is 2.69 bits per heavy atom. The molecule has 1 saturated heterocycles. The fraction of sp³-hybridized carbons (Fsp3) is 0.444. The van der Waals surface area contributed by atoms with Crippen LogP contribution in [0.2, 0.25) is 0 Å². The molecule has 1 unspecified atom stereocenters. The molecular formula is C27H40N8O. The minimum absolute atomic E-state index is 0.178. The Bertz CT molecular complexity index is 1030. The number of fused-ring (bicyclic) bond motifs is 1. The van der Waals surface area contributed by atoms with Crippen molar-refractivity contribution in [1.82, 2.24) is 20.9 Å². The van der Waals surface area contributed by atoms with Crippen molar-refractivity contribution in [2.75, 3.05) is 26.2 Å². The highest BCUT2D eigenvalue weighted by Crippen LogP contribution is 2.21. The van der Waals surface area contributed by atoms with Gasteiger partial charge in [0.05, 0.1) is 23.6 Å². The summed E-state index contributed by atoms with van der Waals surface area (Å²) in [4.78, 5) is 7.05. The maximum absolute atomic E-state index is 8.23. The quantitative estimate of drug-likeness (QED) is 0.158. The number of hydrogen-bond acceptors (Lipinski definition) is 8. The number of amidine groups is 1. The summed E-state index contributed by atoms with van der Waals surface area (Å²) in [6.45, 7) is 11.9. The number of aliphatic imine (C=N–C) groups is 1. The van der Waals surface area contributed by atoms with Crippen LogP contribution in [0.15, 0.2) is 75.6 Å². The van der Waals surface area contributed by atoms with E-state index >= 15 is 0 Å². The lowest BCUT2D eigenvalue weighted by atomic mass is 10.0. The summed E-state index contributed by atoms with van der Waals surface area (Å²) < 4.78 is 5.80. The fourth-order valence-electron chi connectivity index (χ4n) is 4.29. The van der Waals surface area contributed by atoms with Crippen molar-refractivity contribution in [3.05, 3.63) is 70.6 Å². The number of allylic oxidation sites excluding steroid dienone is 6. The molecule has 0 amide bonds. The van der Waals surface area contributed by atoms with Crippen LogP contribution in [0.25, 0.3) is 0 Å². The molecule has 0 aliphatic carbocycles. The predicted molar refractivity (Wildman–Crippen MR) is 148 cm³/mol. The van der Waals surface area contributed by atoms with E-state index < -0.39 is 0 Å². The molecular weight excluding hydrogens is 452 g/mol. The zero-order valence-corrected chi connectivity index (χ0v) is 21.8. The van der Waals surface area contributed by atoms with Crippen molar-refractivity contribution in [2.45, 2.75) is 46.3 Å². The molecule has 36 heavy (non-hydrogen) atoms. The Morgan fingerprint density at radius 2 is 2.03 bits per heavy atom. The zero-order valence-electron chi connectivity index (χ0n) is 21.8. The molecule has 2 atom stereocenters. The van der Waals surface area contributed by atoms with Crippen molar-refractivity contribution in [3.63, 3.8) is 0 Å². The second-order valence-electron chi connectivity index (χ2n) is 9.60. The lowest BCUT2D eigenvalue weighted by Crippen LogP contribution is -2.45. The highest BCUT2D eigenvalue weighted by Gasteiger charge is 2.21. The molecule has 0 radical (unpaired) electrons. The first kappa shape index (κ1) is 27.2. The average Bonchev–Trinajstić information content (AvgIpc) is 2.83. The van der Waals surface area contributed by atoms with Gasteiger partial charge in [0.25, 0.3) is 0 Å². The van der Waals surface area contributed by atoms with E-state index in [1.807, 2.05) is 44.5 Å². The Balaban J connectivity index is 1.54. The zero-order chi connectivity index (χ0) is 26.1. The van der Waals surface area contributed by atoms with Gasteiger partial charge in [0.1, 0.15) is 11.7 Å². The van der Waals surface area contributed by atoms with Crippen molar-refractivity contribution < 1.29 is 4.74 Å². The van der Waals surface area contributed by atoms with Gasteiger partial charge in [-0.1, -0.05) is 13.8 Å². The Kier molecular flexibility index (Phi) is 9.84. The molecule has 7 N–H and O–H groups in total. The third-order valence-corrected chi connectivity index (χ3v) is 6.07. The maximum Gasteiger partial charge on any atom is 0.123 e. The number of nitrogens with one attached hydrogen (secondary N) is 5. The number of dihydropyridines is 2. The van der Waals surface area contributed by atoms with Gasteiger partial charge in [0, 0.05) is 62.2 Å². The first-order valence-corrected chi connectivity index (χ1v) is 12.5. The van der Waals surface area contributed by atoms with Crippen LogP contribution >= 0.6 is 0 Å². The van der Waals surface area contributed by atoms with Gasteiger partial charge in [-0.25, -0.2) is 0 Å². The molecule has 194 valence electrons. The topological polar surface area (TPSA) is 135 Å². The van der Waals surface area contributed by atoms with Gasteiger partial charge in [-0.15, -0.1) is 0 Å². The second-order valence-corrected chi connectivity index (χ2v) is 9.60. The molecule has 0 aromatic rings. The summed E-state index contributed by atoms with van der Waals surface area (Å²) in [5.74, 6) is 1.08. The highest BCUT2D eigenvalue weighted by molar-refractivity contribution is 5.97. The van der Waals surface area contributed by atoms with Gasteiger partial charge in [0.2, 0.25) is 0 Å². The molecule has 3 aliphatic rings. The first-order chi connectivity index (χ1) is 17.3. The van der Waals surface area contributed by atoms with Crippen molar-refractivity contribution >= 4 is 18.3 Å². The van der Waals surface area contributed by atoms with E-state index in [1.54, 1.807) is 12.3 Å². The van der Waals surface area contributed by atoms with Crippen LogP contribution in [0.4, 0.5) is 0 Å². The minimum atomic E-state index is 0.178. The van der Waals surface area contributed by atoms with Gasteiger partial charge in [-0.3, -0.25) is 15.3 Å². The van der Waals surface area contributed by atoms with E-state index in [-0.39, 0.29) is 24.0 Å². The summed E-state index contributed by atoms with van der Waals surface area (Å²) in [5.41, 5.74) is 10.3. The largest absolute Gasteiger partial charge is 0.404 e. The van der Waals surface area contributed by atoms with Crippen LogP contribution in [-0.4, -0.2) is 61.6 Å². The number of hydrogen-bond donors (Lipinski definition) is 6. The van der Waals surface area contributed by atoms with Gasteiger partial charge >= 0.3 is 0 Å². The van der Waals surface area contributed by atoms with Crippen LogP contribution in [0.5, 0.6) is 0 Å². The number of rotatable bonds is 10. The summed E-state index contributed by atoms with van der Waals surface area (Å²) in [5, 5.41) is 25.4. The summed E-state index contributed by atoms with van der Waals surface area (Å²) in [6.07, 6.45) is 15.6. The van der Waals surface area contributed by atoms with Crippen LogP contribution < -0.4 is 21.7 Å². The second kappa shape index (κ2) is 13.0. The molecule has 0 spiro atoms. The van der Waals surface area contributed by atoms with Crippen LogP contribution in [0.1, 0.15) is 34.1 Å². The molecule has 0 bridgehead atoms. The van der Waals surface area contributed by atoms with E-state index in [1.165, 1.54) is 6.21 Å². The normalized spacial score (nSPS) is 23.1. The van der Waals surface area contributed by atoms with Crippen molar-refractivity contribution in [1.29, 1.82) is 10.8 Å². The Hall–Kier alpha value is -3.43. The Labute approximate surface area is 214 Å². The average molecular weight is 493 g/mol. The molecule has 0 aromatic heterocycles. The summed E-state index contributed by atoms with van der Waals surface area (Å²) >= 11 is 0. The van der Waals surface area contributed by atoms with Gasteiger partial charge in [0.15, 0.2) is 0 Å². The van der Waals surface area contributed by atoms with E-state index in [0.717, 1.165) is 60.7 Å². The fourth-order valence-corrected chi connectivity index (χ4v) is 4.29. The Morgan fingerprint density at radius 1 is 1.28 bits per heavy atom. The third-order valence-electron chi connectivity index (χ3n) is 6.07. The van der Waals surface area contributed by atoms with E-state index in [4.69, 9.17) is 21.3 Å². The number of ether oxygens (including phenoxy) is 1. The number of nitrogens with zero attached hydrogens (tertiary/aromatic N) is 2. The van der Waals surface area contributed by atoms with E-state index in [9.17, 15) is 0 Å². The SMILES string of the molecule is CC1CN(CCCN=CC(=CN)C2=CNC3=CC=C(NC(=N)C=C(C=N)C(C)C)NC3=C2)C[C@H](C)O1. The van der Waals surface area contributed by atoms with E-state index in [0.29, 0.717) is 5.82 Å². The maximum atomic E-state index is 8.23. The molecule has 0 aromatic carbocycles. The number of morpholine rings is 1. The smallest absolute Gasteiger partial charge is 0.123 e. The third kappa shape index (κ3) is 7.79. The number of nitrogens with two attached hydrogens (primary N) is 1. The van der Waals surface area contributed by atoms with Gasteiger partial charge in [-0.2, -0.15) is 0 Å². The molecule has 9 nitrogen and oxygen atoms in total. The van der Waals surface area contributed by atoms with Crippen molar-refractivity contribution in [3.8, 4) is 0 Å². The van der Waals surface area contributed by atoms with Crippen LogP contribution in [0, 0.1) is 16.7 Å². The van der Waals surface area contributed by atoms with E-state index in [2.05, 4.69) is 39.7 Å². The summed E-state index contributed by atoms with van der Waals surface area (Å²) in [6, 6.07) is 0. The van der Waals surface area contributed by atoms with Crippen LogP contribution in [-0.2, 0) is 4.74 Å². The van der Waals surface area contributed by atoms with Crippen molar-refractivity contribution in [2.24, 2.45) is 16.6 Å². The van der Waals surface area contributed by atoms with Gasteiger partial charge in [-0.05, 0) is 56.1 Å². The summed E-state index contributed by atoms with van der Waals surface area (Å²) in [7, 11) is 0. The standard InChI is InChI=1S/C27H40N8O/c1-18(2)21(12-28)11-26(30)34-27-7-6-24-25(33-27)10-22(15-32-24)23(13-29)14-31-8-5-9-35-16-19(3)36-20(4)17-35/h6-7,10-15,18-20,28,32-33H,5,8-9,16-17,29H2,1-4H3,(H2,30,34)/t19-,20?/m0/s1. The molecule has 3 aliphatic heterocycles. The van der Waals surface area contributed by atoms with Gasteiger partial charge < -0.3 is 31.8 Å². The monoisotopic (exact) mass is 492 g/mol. The molecule has 9 heteroatoms. The predicted octanol–water partition coefficient (Wildman–Crippen LogP) is 2.90. The lowest BCUT2D eigenvalue weighted by molar-refractivity contribution is -0.0679. The first-order valence-electron chi connectivity index (χ1n) is 12.5. The van der Waals surface area contributed by atoms with Crippen LogP contribution in [0.3, 0.4) is 0 Å². The molecule has 1 fully saturated rings. The lowest BCUT2D eigenvalue weighted by Gasteiger charge is -2.35. The highest BCUT2D eigenvalue weighted by atomic mass is 16.5. The molecule has 0 saturated carbocycles. The molecule has 3 heterocycles.